The number of benzene rings is 1. The standard InChI is InChI=1S/C19H26FN3O3/c1-2-22-13-15(11-18(22)24)19(25)21-12-17(23-6-8-26-9-7-23)14-4-3-5-16(20)10-14/h3-5,10,15,17H,2,6-9,11-13H2,1H3,(H,21,25)/t15-,17-/m1/s1. The second-order valence-electron chi connectivity index (χ2n) is 6.80. The van der Waals surface area contributed by atoms with Crippen molar-refractivity contribution in [2.75, 3.05) is 45.9 Å². The summed E-state index contributed by atoms with van der Waals surface area (Å²) in [7, 11) is 0. The van der Waals surface area contributed by atoms with Gasteiger partial charge in [-0.15, -0.1) is 0 Å². The SMILES string of the molecule is CCN1C[C@H](C(=O)NC[C@H](c2cccc(F)c2)N2CCOCC2)CC1=O. The highest BCUT2D eigenvalue weighted by Gasteiger charge is 2.34. The Hall–Kier alpha value is -1.99. The molecule has 2 amide bonds. The lowest BCUT2D eigenvalue weighted by molar-refractivity contribution is -0.129. The summed E-state index contributed by atoms with van der Waals surface area (Å²) >= 11 is 0. The van der Waals surface area contributed by atoms with E-state index in [9.17, 15) is 14.0 Å². The van der Waals surface area contributed by atoms with Crippen LogP contribution in [-0.4, -0.2) is 67.6 Å². The Labute approximate surface area is 153 Å². The molecule has 2 fully saturated rings. The van der Waals surface area contributed by atoms with Crippen molar-refractivity contribution in [3.05, 3.63) is 35.6 Å². The fourth-order valence-electron chi connectivity index (χ4n) is 3.66. The number of carbonyl (C=O) groups excluding carboxylic acids is 2. The molecule has 2 aliphatic rings. The topological polar surface area (TPSA) is 61.9 Å². The van der Waals surface area contributed by atoms with Gasteiger partial charge >= 0.3 is 0 Å². The Morgan fingerprint density at radius 2 is 2.15 bits per heavy atom. The van der Waals surface area contributed by atoms with E-state index >= 15 is 0 Å². The Balaban J connectivity index is 1.66. The quantitative estimate of drug-likeness (QED) is 0.825. The number of amides is 2. The van der Waals surface area contributed by atoms with E-state index in [1.807, 2.05) is 13.0 Å². The third kappa shape index (κ3) is 4.40. The van der Waals surface area contributed by atoms with Crippen molar-refractivity contribution in [2.45, 2.75) is 19.4 Å². The molecule has 0 aromatic heterocycles. The summed E-state index contributed by atoms with van der Waals surface area (Å²) in [6.07, 6.45) is 0.266. The number of carbonyl (C=O) groups is 2. The Morgan fingerprint density at radius 3 is 2.81 bits per heavy atom. The Bertz CT molecular complexity index is 649. The van der Waals surface area contributed by atoms with Crippen LogP contribution in [0.1, 0.15) is 24.9 Å². The molecular formula is C19H26FN3O3. The minimum absolute atomic E-state index is 0.0301. The number of halogens is 1. The van der Waals surface area contributed by atoms with Crippen molar-refractivity contribution in [3.63, 3.8) is 0 Å². The van der Waals surface area contributed by atoms with Gasteiger partial charge in [-0.2, -0.15) is 0 Å². The molecule has 0 unspecified atom stereocenters. The van der Waals surface area contributed by atoms with Gasteiger partial charge in [-0.05, 0) is 24.6 Å². The minimum atomic E-state index is -0.305. The first kappa shape index (κ1) is 18.8. The molecule has 142 valence electrons. The van der Waals surface area contributed by atoms with Crippen LogP contribution in [0.2, 0.25) is 0 Å². The van der Waals surface area contributed by atoms with Crippen molar-refractivity contribution >= 4 is 11.8 Å². The van der Waals surface area contributed by atoms with Crippen LogP contribution in [0.15, 0.2) is 24.3 Å². The predicted molar refractivity (Wildman–Crippen MR) is 94.9 cm³/mol. The molecule has 2 aliphatic heterocycles. The van der Waals surface area contributed by atoms with Crippen LogP contribution in [0.5, 0.6) is 0 Å². The first-order valence-corrected chi connectivity index (χ1v) is 9.21. The van der Waals surface area contributed by atoms with E-state index in [0.717, 1.165) is 18.7 Å². The van der Waals surface area contributed by atoms with E-state index in [2.05, 4.69) is 10.2 Å². The van der Waals surface area contributed by atoms with Gasteiger partial charge in [0.1, 0.15) is 5.82 Å². The van der Waals surface area contributed by atoms with Gasteiger partial charge < -0.3 is 15.0 Å². The van der Waals surface area contributed by atoms with Crippen LogP contribution in [0, 0.1) is 11.7 Å². The molecule has 6 nitrogen and oxygen atoms in total. The lowest BCUT2D eigenvalue weighted by Crippen LogP contribution is -2.45. The predicted octanol–water partition coefficient (Wildman–Crippen LogP) is 1.18. The molecule has 26 heavy (non-hydrogen) atoms. The number of rotatable bonds is 6. The van der Waals surface area contributed by atoms with E-state index in [1.165, 1.54) is 12.1 Å². The van der Waals surface area contributed by atoms with Crippen molar-refractivity contribution in [1.29, 1.82) is 0 Å². The molecule has 0 spiro atoms. The van der Waals surface area contributed by atoms with Crippen LogP contribution >= 0.6 is 0 Å². The van der Waals surface area contributed by atoms with Gasteiger partial charge in [0.15, 0.2) is 0 Å². The lowest BCUT2D eigenvalue weighted by Gasteiger charge is -2.35. The minimum Gasteiger partial charge on any atom is -0.379 e. The fourth-order valence-corrected chi connectivity index (χ4v) is 3.66. The van der Waals surface area contributed by atoms with Gasteiger partial charge in [0.05, 0.1) is 25.2 Å². The highest BCUT2D eigenvalue weighted by atomic mass is 19.1. The van der Waals surface area contributed by atoms with E-state index in [0.29, 0.717) is 32.8 Å². The Kier molecular flexibility index (Phi) is 6.21. The van der Waals surface area contributed by atoms with Crippen LogP contribution in [0.25, 0.3) is 0 Å². The third-order valence-corrected chi connectivity index (χ3v) is 5.16. The van der Waals surface area contributed by atoms with Gasteiger partial charge in [-0.3, -0.25) is 14.5 Å². The van der Waals surface area contributed by atoms with Gasteiger partial charge in [0.25, 0.3) is 0 Å². The van der Waals surface area contributed by atoms with Crippen LogP contribution in [0.3, 0.4) is 0 Å². The third-order valence-electron chi connectivity index (χ3n) is 5.16. The maximum Gasteiger partial charge on any atom is 0.225 e. The molecule has 0 saturated carbocycles. The average molecular weight is 363 g/mol. The summed E-state index contributed by atoms with van der Waals surface area (Å²) in [6.45, 7) is 6.14. The molecule has 2 atom stereocenters. The number of ether oxygens (including phenoxy) is 1. The molecule has 0 aliphatic carbocycles. The smallest absolute Gasteiger partial charge is 0.225 e. The van der Waals surface area contributed by atoms with Crippen molar-refractivity contribution < 1.29 is 18.7 Å². The Morgan fingerprint density at radius 1 is 1.38 bits per heavy atom. The summed E-state index contributed by atoms with van der Waals surface area (Å²) in [6, 6.07) is 6.40. The summed E-state index contributed by atoms with van der Waals surface area (Å²) in [5.74, 6) is -0.668. The molecule has 1 N–H and O–H groups in total. The number of nitrogens with one attached hydrogen (secondary N) is 1. The molecule has 0 radical (unpaired) electrons. The molecule has 2 saturated heterocycles. The van der Waals surface area contributed by atoms with Crippen LogP contribution in [0.4, 0.5) is 4.39 Å². The van der Waals surface area contributed by atoms with E-state index in [4.69, 9.17) is 4.74 Å². The number of likely N-dealkylation sites (tertiary alicyclic amines) is 1. The molecule has 1 aromatic carbocycles. The molecule has 1 aromatic rings. The zero-order valence-corrected chi connectivity index (χ0v) is 15.1. The second-order valence-corrected chi connectivity index (χ2v) is 6.80. The average Bonchev–Trinajstić information content (AvgIpc) is 3.04. The van der Waals surface area contributed by atoms with E-state index < -0.39 is 0 Å². The van der Waals surface area contributed by atoms with Crippen molar-refractivity contribution in [1.82, 2.24) is 15.1 Å². The number of morpholine rings is 1. The summed E-state index contributed by atoms with van der Waals surface area (Å²) in [5.41, 5.74) is 0.838. The largest absolute Gasteiger partial charge is 0.379 e. The van der Waals surface area contributed by atoms with Gasteiger partial charge in [0, 0.05) is 39.1 Å². The monoisotopic (exact) mass is 363 g/mol. The maximum atomic E-state index is 13.7. The molecule has 0 bridgehead atoms. The summed E-state index contributed by atoms with van der Waals surface area (Å²) in [4.78, 5) is 28.3. The number of nitrogens with zero attached hydrogens (tertiary/aromatic N) is 2. The van der Waals surface area contributed by atoms with Crippen LogP contribution < -0.4 is 5.32 Å². The summed E-state index contributed by atoms with van der Waals surface area (Å²) < 4.78 is 19.1. The zero-order valence-electron chi connectivity index (χ0n) is 15.1. The number of hydrogen-bond donors (Lipinski definition) is 1. The molecule has 7 heteroatoms. The second kappa shape index (κ2) is 8.60. The molecule has 2 heterocycles. The van der Waals surface area contributed by atoms with Gasteiger partial charge in [-0.25, -0.2) is 4.39 Å². The highest BCUT2D eigenvalue weighted by molar-refractivity contribution is 5.89. The summed E-state index contributed by atoms with van der Waals surface area (Å²) in [5, 5.41) is 2.98. The first-order chi connectivity index (χ1) is 12.6. The lowest BCUT2D eigenvalue weighted by atomic mass is 10.0. The number of hydrogen-bond acceptors (Lipinski definition) is 4. The van der Waals surface area contributed by atoms with Gasteiger partial charge in [0.2, 0.25) is 11.8 Å². The van der Waals surface area contributed by atoms with E-state index in [-0.39, 0.29) is 36.0 Å². The first-order valence-electron chi connectivity index (χ1n) is 9.21. The van der Waals surface area contributed by atoms with Crippen molar-refractivity contribution in [3.8, 4) is 0 Å². The maximum absolute atomic E-state index is 13.7. The van der Waals surface area contributed by atoms with Crippen LogP contribution in [-0.2, 0) is 14.3 Å². The zero-order chi connectivity index (χ0) is 18.5. The normalized spacial score (nSPS) is 22.5. The molecular weight excluding hydrogens is 337 g/mol. The van der Waals surface area contributed by atoms with E-state index in [1.54, 1.807) is 11.0 Å². The molecule has 3 rings (SSSR count). The van der Waals surface area contributed by atoms with Gasteiger partial charge in [-0.1, -0.05) is 12.1 Å². The fraction of sp³-hybridized carbons (Fsp3) is 0.579. The highest BCUT2D eigenvalue weighted by Crippen LogP contribution is 2.23. The van der Waals surface area contributed by atoms with Crippen molar-refractivity contribution in [2.24, 2.45) is 5.92 Å².